The van der Waals surface area contributed by atoms with E-state index in [1.165, 1.54) is 0 Å². The van der Waals surface area contributed by atoms with Crippen molar-refractivity contribution in [3.63, 3.8) is 0 Å². The van der Waals surface area contributed by atoms with Gasteiger partial charge in [0.1, 0.15) is 11.7 Å². The minimum atomic E-state index is -0.786. The molecule has 0 aromatic carbocycles. The van der Waals surface area contributed by atoms with Crippen molar-refractivity contribution < 1.29 is 0 Å². The highest BCUT2D eigenvalue weighted by atomic mass is 15.4. The third-order valence-electron chi connectivity index (χ3n) is 5.44. The van der Waals surface area contributed by atoms with E-state index in [1.807, 2.05) is 0 Å². The summed E-state index contributed by atoms with van der Waals surface area (Å²) in [6.45, 7) is 17.9. The molecule has 2 heterocycles. The molecule has 8 nitrogen and oxygen atoms in total. The molecule has 0 bridgehead atoms. The predicted octanol–water partition coefficient (Wildman–Crippen LogP) is 5.41. The lowest BCUT2D eigenvalue weighted by Crippen LogP contribution is -2.36. The van der Waals surface area contributed by atoms with Gasteiger partial charge in [-0.1, -0.05) is 55.4 Å². The molecule has 2 unspecified atom stereocenters. The van der Waals surface area contributed by atoms with Crippen LogP contribution in [0.3, 0.4) is 0 Å². The zero-order valence-corrected chi connectivity index (χ0v) is 21.1. The quantitative estimate of drug-likeness (QED) is 0.335. The molecule has 0 N–H and O–H groups in total. The molecule has 0 aromatic rings. The third-order valence-corrected chi connectivity index (χ3v) is 5.44. The van der Waals surface area contributed by atoms with Crippen LogP contribution in [0.25, 0.3) is 0 Å². The second kappa shape index (κ2) is 10.4. The number of nitrogens with zero attached hydrogens (tertiary/aromatic N) is 8. The smallest absolute Gasteiger partial charge is 0.191 e. The van der Waals surface area contributed by atoms with E-state index in [4.69, 9.17) is 20.2 Å². The van der Waals surface area contributed by atoms with Gasteiger partial charge in [0, 0.05) is 12.8 Å². The minimum Gasteiger partial charge on any atom is -0.262 e. The van der Waals surface area contributed by atoms with Crippen LogP contribution in [0.4, 0.5) is 0 Å². The van der Waals surface area contributed by atoms with Gasteiger partial charge in [0.15, 0.2) is 23.7 Å². The normalized spacial score (nSPS) is 25.9. The van der Waals surface area contributed by atoms with Crippen LogP contribution in [0.2, 0.25) is 0 Å². The molecular weight excluding hydrogens is 400 g/mol. The lowest BCUT2D eigenvalue weighted by atomic mass is 9.98. The zero-order chi connectivity index (χ0) is 24.1. The Kier molecular flexibility index (Phi) is 8.40. The molecule has 2 rings (SSSR count). The number of azo groups is 1. The van der Waals surface area contributed by atoms with Crippen molar-refractivity contribution in [2.75, 3.05) is 13.1 Å². The van der Waals surface area contributed by atoms with E-state index < -0.39 is 11.3 Å². The SMILES string of the molecule is CC(C)CC1=NC(CC(C)C)(/N=N/C2(CC(C)C)CN(C#N)C(CC(C)C)=N2)CN1C#N. The first-order chi connectivity index (χ1) is 14.9. The van der Waals surface area contributed by atoms with Gasteiger partial charge >= 0.3 is 0 Å². The van der Waals surface area contributed by atoms with Gasteiger partial charge < -0.3 is 0 Å². The van der Waals surface area contributed by atoms with Gasteiger partial charge in [-0.2, -0.15) is 20.8 Å². The van der Waals surface area contributed by atoms with Gasteiger partial charge in [-0.25, -0.2) is 9.98 Å². The number of hydrogen-bond donors (Lipinski definition) is 0. The molecule has 0 aliphatic carbocycles. The van der Waals surface area contributed by atoms with Crippen molar-refractivity contribution in [1.29, 1.82) is 10.5 Å². The average molecular weight is 441 g/mol. The minimum absolute atomic E-state index is 0.344. The van der Waals surface area contributed by atoms with Crippen molar-refractivity contribution in [1.82, 2.24) is 9.80 Å². The fourth-order valence-electron chi connectivity index (χ4n) is 4.49. The fraction of sp³-hybridized carbons (Fsp3) is 0.833. The van der Waals surface area contributed by atoms with Crippen LogP contribution in [0.5, 0.6) is 0 Å². The van der Waals surface area contributed by atoms with Gasteiger partial charge in [-0.05, 0) is 36.5 Å². The molecular formula is C24H40N8. The molecule has 8 heteroatoms. The number of rotatable bonds is 10. The van der Waals surface area contributed by atoms with E-state index in [0.717, 1.165) is 24.5 Å². The van der Waals surface area contributed by atoms with Gasteiger partial charge in [0.25, 0.3) is 0 Å². The molecule has 0 amide bonds. The van der Waals surface area contributed by atoms with Crippen LogP contribution < -0.4 is 0 Å². The summed E-state index contributed by atoms with van der Waals surface area (Å²) >= 11 is 0. The molecule has 2 aliphatic heterocycles. The second-order valence-corrected chi connectivity index (χ2v) is 11.0. The molecule has 176 valence electrons. The molecule has 0 fully saturated rings. The fourth-order valence-corrected chi connectivity index (χ4v) is 4.49. The Morgan fingerprint density at radius 1 is 0.719 bits per heavy atom. The summed E-state index contributed by atoms with van der Waals surface area (Å²) in [5.41, 5.74) is -1.57. The van der Waals surface area contributed by atoms with Crippen molar-refractivity contribution >= 4 is 11.7 Å². The van der Waals surface area contributed by atoms with Crippen LogP contribution in [-0.2, 0) is 0 Å². The number of hydrogen-bond acceptors (Lipinski definition) is 8. The predicted molar refractivity (Wildman–Crippen MR) is 128 cm³/mol. The van der Waals surface area contributed by atoms with Crippen LogP contribution >= 0.6 is 0 Å². The first-order valence-electron chi connectivity index (χ1n) is 11.9. The highest BCUT2D eigenvalue weighted by Gasteiger charge is 2.44. The second-order valence-electron chi connectivity index (χ2n) is 11.0. The molecule has 32 heavy (non-hydrogen) atoms. The molecule has 0 spiro atoms. The van der Waals surface area contributed by atoms with Gasteiger partial charge in [-0.15, -0.1) is 0 Å². The summed E-state index contributed by atoms with van der Waals surface area (Å²) in [4.78, 5) is 13.3. The molecule has 0 radical (unpaired) electrons. The van der Waals surface area contributed by atoms with E-state index in [1.54, 1.807) is 9.80 Å². The standard InChI is InChI=1S/C24H40N8/c1-17(2)9-21-27-23(11-19(5)6,13-31(21)15-25)29-30-24(12-20(7)8)14-32(16-26)22(28-24)10-18(3)4/h17-20H,9-14H2,1-8H3/b30-29+. The molecule has 0 saturated heterocycles. The summed E-state index contributed by atoms with van der Waals surface area (Å²) < 4.78 is 0. The Bertz CT molecular complexity index is 758. The van der Waals surface area contributed by atoms with E-state index in [0.29, 0.717) is 49.6 Å². The first-order valence-corrected chi connectivity index (χ1v) is 11.9. The topological polar surface area (TPSA) is 104 Å². The van der Waals surface area contributed by atoms with Gasteiger partial charge in [0.2, 0.25) is 0 Å². The van der Waals surface area contributed by atoms with E-state index in [9.17, 15) is 10.5 Å². The van der Waals surface area contributed by atoms with E-state index in [2.05, 4.69) is 67.8 Å². The summed E-state index contributed by atoms with van der Waals surface area (Å²) in [6, 6.07) is 0. The molecule has 2 atom stereocenters. The van der Waals surface area contributed by atoms with Crippen LogP contribution in [0.15, 0.2) is 20.2 Å². The number of aliphatic imine (C=N–C) groups is 2. The Morgan fingerprint density at radius 3 is 1.31 bits per heavy atom. The van der Waals surface area contributed by atoms with Gasteiger partial charge in [0.05, 0.1) is 13.1 Å². The Hall–Kier alpha value is -2.48. The summed E-state index contributed by atoms with van der Waals surface area (Å²) in [5.74, 6) is 3.05. The Balaban J connectivity index is 2.48. The molecule has 0 aromatic heterocycles. The highest BCUT2D eigenvalue weighted by Crippen LogP contribution is 2.36. The highest BCUT2D eigenvalue weighted by molar-refractivity contribution is 5.86. The monoisotopic (exact) mass is 440 g/mol. The third kappa shape index (κ3) is 6.51. The maximum Gasteiger partial charge on any atom is 0.191 e. The number of nitriles is 2. The van der Waals surface area contributed by atoms with Crippen LogP contribution in [-0.4, -0.2) is 45.9 Å². The van der Waals surface area contributed by atoms with Crippen LogP contribution in [0, 0.1) is 46.6 Å². The maximum absolute atomic E-state index is 9.71. The van der Waals surface area contributed by atoms with Crippen molar-refractivity contribution in [3.8, 4) is 12.4 Å². The summed E-state index contributed by atoms with van der Waals surface area (Å²) in [7, 11) is 0. The lowest BCUT2D eigenvalue weighted by molar-refractivity contribution is 0.277. The molecule has 2 aliphatic rings. The van der Waals surface area contributed by atoms with Gasteiger partial charge in [-0.3, -0.25) is 9.80 Å². The average Bonchev–Trinajstić information content (AvgIpc) is 3.16. The van der Waals surface area contributed by atoms with E-state index >= 15 is 0 Å². The molecule has 0 saturated carbocycles. The Labute approximate surface area is 194 Å². The lowest BCUT2D eigenvalue weighted by Gasteiger charge is -2.26. The summed E-state index contributed by atoms with van der Waals surface area (Å²) in [6.07, 6.45) is 7.45. The summed E-state index contributed by atoms with van der Waals surface area (Å²) in [5, 5.41) is 29.1. The maximum atomic E-state index is 9.71. The van der Waals surface area contributed by atoms with Crippen LogP contribution in [0.1, 0.15) is 81.1 Å². The van der Waals surface area contributed by atoms with E-state index in [-0.39, 0.29) is 0 Å². The van der Waals surface area contributed by atoms with Crippen molar-refractivity contribution in [2.24, 2.45) is 43.9 Å². The Morgan fingerprint density at radius 2 is 1.06 bits per heavy atom. The zero-order valence-electron chi connectivity index (χ0n) is 21.1. The van der Waals surface area contributed by atoms with Crippen molar-refractivity contribution in [3.05, 3.63) is 0 Å². The first kappa shape index (κ1) is 25.8. The largest absolute Gasteiger partial charge is 0.262 e. The number of amidine groups is 2. The van der Waals surface area contributed by atoms with Crippen molar-refractivity contribution in [2.45, 2.75) is 92.4 Å².